The minimum Gasteiger partial charge on any atom is -0.496 e. The quantitative estimate of drug-likeness (QED) is 0.569. The van der Waals surface area contributed by atoms with E-state index in [0.717, 1.165) is 6.54 Å². The number of carbonyl (C=O) groups excluding carboxylic acids is 1. The molecular formula is C18H26ClN3O5. The van der Waals surface area contributed by atoms with Gasteiger partial charge in [0.25, 0.3) is 5.91 Å². The zero-order chi connectivity index (χ0) is 20.0. The second-order valence-electron chi connectivity index (χ2n) is 6.51. The maximum absolute atomic E-state index is 12.7. The van der Waals surface area contributed by atoms with Gasteiger partial charge in [0.2, 0.25) is 0 Å². The number of piperidine rings is 1. The second kappa shape index (κ2) is 9.77. The number of carboxylic acid groups (broad SMARTS) is 1. The van der Waals surface area contributed by atoms with Gasteiger partial charge in [-0.2, -0.15) is 0 Å². The van der Waals surface area contributed by atoms with Crippen LogP contribution in [0.5, 0.6) is 5.75 Å². The average molecular weight is 400 g/mol. The molecule has 1 aromatic rings. The van der Waals surface area contributed by atoms with E-state index in [1.807, 2.05) is 0 Å². The van der Waals surface area contributed by atoms with Gasteiger partial charge >= 0.3 is 5.97 Å². The van der Waals surface area contributed by atoms with Gasteiger partial charge in [0.1, 0.15) is 5.75 Å². The molecule has 2 atom stereocenters. The number of likely N-dealkylation sites (tertiary alicyclic amines) is 1. The molecule has 0 aliphatic carbocycles. The van der Waals surface area contributed by atoms with Crippen LogP contribution in [0.4, 0.5) is 5.69 Å². The predicted molar refractivity (Wildman–Crippen MR) is 102 cm³/mol. The van der Waals surface area contributed by atoms with E-state index < -0.39 is 5.97 Å². The van der Waals surface area contributed by atoms with Crippen molar-refractivity contribution in [3.63, 3.8) is 0 Å². The number of hydrogen-bond donors (Lipinski definition) is 3. The molecule has 27 heavy (non-hydrogen) atoms. The topological polar surface area (TPSA) is 114 Å². The molecule has 0 spiro atoms. The number of anilines is 1. The molecule has 0 aromatic heterocycles. The molecule has 1 fully saturated rings. The van der Waals surface area contributed by atoms with Crippen molar-refractivity contribution in [1.82, 2.24) is 10.2 Å². The van der Waals surface area contributed by atoms with Gasteiger partial charge in [-0.3, -0.25) is 9.59 Å². The number of benzene rings is 1. The average Bonchev–Trinajstić information content (AvgIpc) is 2.64. The zero-order valence-electron chi connectivity index (χ0n) is 15.5. The molecule has 8 nitrogen and oxygen atoms in total. The number of nitrogens with two attached hydrogens (primary N) is 1. The molecule has 0 bridgehead atoms. The van der Waals surface area contributed by atoms with Crippen LogP contribution in [0.1, 0.15) is 29.6 Å². The van der Waals surface area contributed by atoms with Crippen molar-refractivity contribution in [2.75, 3.05) is 39.6 Å². The highest BCUT2D eigenvalue weighted by Crippen LogP contribution is 2.29. The molecule has 1 aromatic carbocycles. The first-order valence-corrected chi connectivity index (χ1v) is 9.14. The van der Waals surface area contributed by atoms with Gasteiger partial charge in [-0.15, -0.1) is 0 Å². The fraction of sp³-hybridized carbons (Fsp3) is 0.556. The lowest BCUT2D eigenvalue weighted by Crippen LogP contribution is -2.54. The Labute approximate surface area is 163 Å². The first-order valence-electron chi connectivity index (χ1n) is 8.76. The standard InChI is InChI=1S/C18H26ClN3O5/c1-26-15-9-13(20)12(19)8-11(15)18(25)21-14-5-7-22(10-16(14)27-2)6-3-4-17(23)24/h8-9,14,16H,3-7,10,20H2,1-2H3,(H,21,25)(H,23,24). The van der Waals surface area contributed by atoms with E-state index in [-0.39, 0.29) is 29.5 Å². The minimum absolute atomic E-state index is 0.145. The van der Waals surface area contributed by atoms with Gasteiger partial charge in [0.15, 0.2) is 0 Å². The number of rotatable bonds is 8. The third kappa shape index (κ3) is 5.72. The summed E-state index contributed by atoms with van der Waals surface area (Å²) in [6.45, 7) is 2.07. The summed E-state index contributed by atoms with van der Waals surface area (Å²) < 4.78 is 10.8. The Balaban J connectivity index is 2.00. The van der Waals surface area contributed by atoms with Crippen LogP contribution in [0.2, 0.25) is 5.02 Å². The Morgan fingerprint density at radius 2 is 2.15 bits per heavy atom. The first-order chi connectivity index (χ1) is 12.8. The molecule has 1 heterocycles. The number of ether oxygens (including phenoxy) is 2. The van der Waals surface area contributed by atoms with Crippen LogP contribution < -0.4 is 15.8 Å². The van der Waals surface area contributed by atoms with E-state index in [1.165, 1.54) is 19.2 Å². The fourth-order valence-electron chi connectivity index (χ4n) is 3.20. The number of methoxy groups -OCH3 is 2. The Morgan fingerprint density at radius 3 is 2.78 bits per heavy atom. The van der Waals surface area contributed by atoms with Crippen LogP contribution in [0.25, 0.3) is 0 Å². The molecule has 1 aliphatic rings. The van der Waals surface area contributed by atoms with Gasteiger partial charge in [-0.1, -0.05) is 11.6 Å². The summed E-state index contributed by atoms with van der Waals surface area (Å²) in [5, 5.41) is 12.0. The Morgan fingerprint density at radius 1 is 1.41 bits per heavy atom. The van der Waals surface area contributed by atoms with Crippen molar-refractivity contribution >= 4 is 29.2 Å². The normalized spacial score (nSPS) is 20.3. The van der Waals surface area contributed by atoms with E-state index in [0.29, 0.717) is 42.9 Å². The van der Waals surface area contributed by atoms with Crippen LogP contribution in [-0.2, 0) is 9.53 Å². The van der Waals surface area contributed by atoms with Crippen molar-refractivity contribution in [2.24, 2.45) is 0 Å². The van der Waals surface area contributed by atoms with Gasteiger partial charge in [0.05, 0.1) is 35.5 Å². The summed E-state index contributed by atoms with van der Waals surface area (Å²) in [5.74, 6) is -0.744. The van der Waals surface area contributed by atoms with Gasteiger partial charge < -0.3 is 30.5 Å². The summed E-state index contributed by atoms with van der Waals surface area (Å²) in [7, 11) is 3.07. The smallest absolute Gasteiger partial charge is 0.303 e. The third-order valence-electron chi connectivity index (χ3n) is 4.69. The Kier molecular flexibility index (Phi) is 7.70. The van der Waals surface area contributed by atoms with E-state index in [4.69, 9.17) is 31.9 Å². The lowest BCUT2D eigenvalue weighted by Gasteiger charge is -2.38. The fourth-order valence-corrected chi connectivity index (χ4v) is 3.37. The van der Waals surface area contributed by atoms with Gasteiger partial charge in [-0.25, -0.2) is 0 Å². The molecule has 2 rings (SSSR count). The molecule has 0 saturated carbocycles. The highest BCUT2D eigenvalue weighted by molar-refractivity contribution is 6.33. The lowest BCUT2D eigenvalue weighted by atomic mass is 10.0. The zero-order valence-corrected chi connectivity index (χ0v) is 16.3. The number of nitrogens with one attached hydrogen (secondary N) is 1. The number of hydrogen-bond acceptors (Lipinski definition) is 6. The van der Waals surface area contributed by atoms with Crippen LogP contribution in [0.3, 0.4) is 0 Å². The maximum Gasteiger partial charge on any atom is 0.303 e. The van der Waals surface area contributed by atoms with Crippen LogP contribution >= 0.6 is 11.6 Å². The molecule has 4 N–H and O–H groups in total. The summed E-state index contributed by atoms with van der Waals surface area (Å²) >= 11 is 6.04. The summed E-state index contributed by atoms with van der Waals surface area (Å²) in [6.07, 6.45) is 1.24. The molecule has 9 heteroatoms. The largest absolute Gasteiger partial charge is 0.496 e. The van der Waals surface area contributed by atoms with Crippen molar-refractivity contribution in [3.8, 4) is 5.75 Å². The highest BCUT2D eigenvalue weighted by Gasteiger charge is 2.31. The number of halogens is 1. The van der Waals surface area contributed by atoms with E-state index >= 15 is 0 Å². The molecule has 1 aliphatic heterocycles. The number of carbonyl (C=O) groups is 2. The molecule has 2 unspecified atom stereocenters. The predicted octanol–water partition coefficient (Wildman–Crippen LogP) is 1.61. The van der Waals surface area contributed by atoms with E-state index in [9.17, 15) is 9.59 Å². The Hall–Kier alpha value is -2.03. The van der Waals surface area contributed by atoms with Crippen LogP contribution in [0.15, 0.2) is 12.1 Å². The number of aliphatic carboxylic acids is 1. The lowest BCUT2D eigenvalue weighted by molar-refractivity contribution is -0.137. The SMILES string of the molecule is COc1cc(N)c(Cl)cc1C(=O)NC1CCN(CCCC(=O)O)CC1OC. The monoisotopic (exact) mass is 399 g/mol. The van der Waals surface area contributed by atoms with Crippen molar-refractivity contribution in [3.05, 3.63) is 22.7 Å². The summed E-state index contributed by atoms with van der Waals surface area (Å²) in [5.41, 5.74) is 6.42. The maximum atomic E-state index is 12.7. The number of nitrogens with zero attached hydrogens (tertiary/aromatic N) is 1. The summed E-state index contributed by atoms with van der Waals surface area (Å²) in [6, 6.07) is 2.85. The highest BCUT2D eigenvalue weighted by atomic mass is 35.5. The summed E-state index contributed by atoms with van der Waals surface area (Å²) in [4.78, 5) is 25.5. The van der Waals surface area contributed by atoms with Crippen molar-refractivity contribution < 1.29 is 24.2 Å². The number of nitrogen functional groups attached to an aromatic ring is 1. The van der Waals surface area contributed by atoms with Crippen LogP contribution in [0, 0.1) is 0 Å². The van der Waals surface area contributed by atoms with Crippen LogP contribution in [-0.4, -0.2) is 67.9 Å². The molecular weight excluding hydrogens is 374 g/mol. The molecule has 1 saturated heterocycles. The first kappa shape index (κ1) is 21.3. The second-order valence-corrected chi connectivity index (χ2v) is 6.92. The van der Waals surface area contributed by atoms with Crippen molar-refractivity contribution in [1.29, 1.82) is 0 Å². The molecule has 0 radical (unpaired) electrons. The molecule has 1 amide bonds. The third-order valence-corrected chi connectivity index (χ3v) is 5.02. The minimum atomic E-state index is -0.795. The molecule has 150 valence electrons. The van der Waals surface area contributed by atoms with E-state index in [1.54, 1.807) is 7.11 Å². The number of amides is 1. The Bertz CT molecular complexity index is 685. The number of carboxylic acids is 1. The van der Waals surface area contributed by atoms with Gasteiger partial charge in [0, 0.05) is 32.7 Å². The van der Waals surface area contributed by atoms with E-state index in [2.05, 4.69) is 10.2 Å². The van der Waals surface area contributed by atoms with Gasteiger partial charge in [-0.05, 0) is 25.5 Å². The van der Waals surface area contributed by atoms with Crippen molar-refractivity contribution in [2.45, 2.75) is 31.4 Å².